The van der Waals surface area contributed by atoms with Crippen LogP contribution in [0.3, 0.4) is 0 Å². The zero-order valence-corrected chi connectivity index (χ0v) is 25.4. The van der Waals surface area contributed by atoms with Crippen LogP contribution in [0.25, 0.3) is 93.6 Å². The molecule has 0 saturated carbocycles. The number of fused-ring (bicyclic) bond motifs is 9. The molecule has 238 valence electrons. The molecule has 0 radical (unpaired) electrons. The standard InChI is InChI=1S/C48H31N3/c1-2-13-32(14-3-1)33-15-12-16-34(29-33)50-45-23-10-6-19-39(45)41-28-26-36(31-47(41)50)51-46-24-11-7-20-40(46)42-27-25-35(30-48(42)51)49-43-21-8-4-17-37(43)38-18-5-9-22-44(38)49/h1-31H/i1D,2D,3D,4D,5D,6D,7D,8D,9D,10D,11D,12D,13D,14D,15D,16D,17D,18D,19D,20D,21D,23D,24D,25D,26D,27D,28D,29D,30D,31D. The number of aromatic nitrogens is 3. The van der Waals surface area contributed by atoms with Gasteiger partial charge in [0.05, 0.1) is 74.2 Å². The van der Waals surface area contributed by atoms with Gasteiger partial charge in [-0.05, 0) is 71.6 Å². The highest BCUT2D eigenvalue weighted by molar-refractivity contribution is 6.13. The van der Waals surface area contributed by atoms with Crippen molar-refractivity contribution in [2.75, 3.05) is 0 Å². The lowest BCUT2D eigenvalue weighted by atomic mass is 10.1. The molecule has 51 heavy (non-hydrogen) atoms. The Balaban J connectivity index is 1.42. The van der Waals surface area contributed by atoms with Crippen LogP contribution in [0, 0.1) is 0 Å². The second-order valence-electron chi connectivity index (χ2n) is 11.1. The Hall–Kier alpha value is -6.84. The minimum atomic E-state index is -1.08. The number of nitrogens with zero attached hydrogens (tertiary/aromatic N) is 3. The maximum atomic E-state index is 10.3. The molecule has 8 aromatic carbocycles. The van der Waals surface area contributed by atoms with E-state index in [4.69, 9.17) is 26.0 Å². The van der Waals surface area contributed by atoms with E-state index in [1.165, 1.54) is 0 Å². The highest BCUT2D eigenvalue weighted by atomic mass is 15.0. The van der Waals surface area contributed by atoms with E-state index in [9.17, 15) is 15.1 Å². The maximum absolute atomic E-state index is 10.3. The smallest absolute Gasteiger partial charge is 0.0667 e. The van der Waals surface area contributed by atoms with Gasteiger partial charge in [-0.15, -0.1) is 0 Å². The van der Waals surface area contributed by atoms with Crippen molar-refractivity contribution in [1.82, 2.24) is 13.7 Å². The first-order valence-corrected chi connectivity index (χ1v) is 15.1. The summed E-state index contributed by atoms with van der Waals surface area (Å²) in [7, 11) is 0. The van der Waals surface area contributed by atoms with Crippen molar-refractivity contribution in [2.24, 2.45) is 0 Å². The predicted octanol–water partition coefficient (Wildman–Crippen LogP) is 12.6. The van der Waals surface area contributed by atoms with Crippen LogP contribution in [-0.4, -0.2) is 13.7 Å². The number of rotatable bonds is 4. The summed E-state index contributed by atoms with van der Waals surface area (Å²) in [6, 6.07) is -26.6. The minimum absolute atomic E-state index is 0.342. The molecule has 0 aliphatic heterocycles. The first-order valence-electron chi connectivity index (χ1n) is 30.1. The Morgan fingerprint density at radius 2 is 0.686 bits per heavy atom. The highest BCUT2D eigenvalue weighted by Gasteiger charge is 2.18. The number of hydrogen-bond donors (Lipinski definition) is 0. The van der Waals surface area contributed by atoms with Crippen molar-refractivity contribution >= 4 is 65.4 Å². The van der Waals surface area contributed by atoms with Crippen molar-refractivity contribution in [3.05, 3.63) is 187 Å². The van der Waals surface area contributed by atoms with Crippen LogP contribution < -0.4 is 0 Å². The molecule has 0 fully saturated rings. The van der Waals surface area contributed by atoms with Crippen molar-refractivity contribution < 1.29 is 41.1 Å². The fourth-order valence-corrected chi connectivity index (χ4v) is 6.33. The Kier molecular flexibility index (Phi) is 2.47. The maximum Gasteiger partial charge on any atom is 0.0667 e. The number of para-hydroxylation sites is 4. The summed E-state index contributed by atoms with van der Waals surface area (Å²) < 4.78 is 274. The van der Waals surface area contributed by atoms with Crippen LogP contribution in [0.1, 0.15) is 41.1 Å². The molecule has 0 aliphatic rings. The first-order chi connectivity index (χ1) is 37.8. The van der Waals surface area contributed by atoms with Crippen molar-refractivity contribution in [2.45, 2.75) is 0 Å². The van der Waals surface area contributed by atoms with Crippen LogP contribution in [0.2, 0.25) is 0 Å². The molecule has 0 atom stereocenters. The van der Waals surface area contributed by atoms with E-state index in [1.807, 2.05) is 0 Å². The Morgan fingerprint density at radius 3 is 1.25 bits per heavy atom. The molecule has 3 heteroatoms. The van der Waals surface area contributed by atoms with Gasteiger partial charge < -0.3 is 13.7 Å². The molecule has 0 amide bonds. The van der Waals surface area contributed by atoms with Gasteiger partial charge in [0.2, 0.25) is 0 Å². The van der Waals surface area contributed by atoms with Crippen LogP contribution >= 0.6 is 0 Å². The van der Waals surface area contributed by atoms with Crippen LogP contribution in [0.15, 0.2) is 187 Å². The normalized spacial score (nSPS) is 20.2. The van der Waals surface area contributed by atoms with Gasteiger partial charge in [0.15, 0.2) is 0 Å². The van der Waals surface area contributed by atoms with Gasteiger partial charge in [0, 0.05) is 49.4 Å². The third kappa shape index (κ3) is 4.12. The molecule has 0 unspecified atom stereocenters. The Labute approximate surface area is 336 Å². The molecular weight excluding hydrogens is 619 g/mol. The molecule has 0 aliphatic carbocycles. The third-order valence-electron chi connectivity index (χ3n) is 8.43. The summed E-state index contributed by atoms with van der Waals surface area (Å²) in [5, 5.41) is -3.23. The zero-order valence-electron chi connectivity index (χ0n) is 55.4. The Morgan fingerprint density at radius 1 is 0.275 bits per heavy atom. The van der Waals surface area contributed by atoms with E-state index in [0.29, 0.717) is 9.13 Å². The Bertz CT molecular complexity index is 4850. The lowest BCUT2D eigenvalue weighted by Crippen LogP contribution is -1.98. The van der Waals surface area contributed by atoms with E-state index < -0.39 is 264 Å². The topological polar surface area (TPSA) is 14.8 Å². The lowest BCUT2D eigenvalue weighted by molar-refractivity contribution is 1.14. The fourth-order valence-electron chi connectivity index (χ4n) is 6.33. The van der Waals surface area contributed by atoms with Gasteiger partial charge in [-0.25, -0.2) is 0 Å². The molecule has 3 nitrogen and oxygen atoms in total. The van der Waals surface area contributed by atoms with E-state index in [-0.39, 0.29) is 10.9 Å². The van der Waals surface area contributed by atoms with Gasteiger partial charge in [0.1, 0.15) is 0 Å². The van der Waals surface area contributed by atoms with E-state index >= 15 is 0 Å². The fraction of sp³-hybridized carbons (Fsp3) is 0. The molecule has 0 spiro atoms. The summed E-state index contributed by atoms with van der Waals surface area (Å²) in [5.41, 5.74) is -8.06. The first kappa shape index (κ1) is 11.6. The van der Waals surface area contributed by atoms with Gasteiger partial charge in [-0.2, -0.15) is 0 Å². The lowest BCUT2D eigenvalue weighted by Gasteiger charge is -2.13. The van der Waals surface area contributed by atoms with Gasteiger partial charge in [-0.3, -0.25) is 0 Å². The summed E-state index contributed by atoms with van der Waals surface area (Å²) in [6.45, 7) is 0. The molecule has 11 aromatic rings. The molecule has 3 heterocycles. The molecule has 0 bridgehead atoms. The van der Waals surface area contributed by atoms with E-state index in [2.05, 4.69) is 0 Å². The SMILES string of the molecule is [2H]c1cc2c(c([2H])c1[2H])c1c([2H])c([2H])c([2H])c([2H])c1n2-c1c([2H])c([2H])c2c3c([2H])c([2H])c([2H])c([2H])c3n(-c3c([2H])c([2H])c4c5c([2H])c([2H])c([2H])c([2H])c5n(-c5c([2H])c([2H])c([2H])c(-c6c([2H])c([2H])c([2H])c([2H])c6[2H])c5[2H])c4c3[2H])c2c1[2H]. The van der Waals surface area contributed by atoms with Crippen LogP contribution in [0.5, 0.6) is 0 Å². The highest BCUT2D eigenvalue weighted by Crippen LogP contribution is 2.39. The average Bonchev–Trinajstić information content (AvgIpc) is 3.71. The van der Waals surface area contributed by atoms with Crippen molar-refractivity contribution in [1.29, 1.82) is 0 Å². The largest absolute Gasteiger partial charge is 0.309 e. The summed E-state index contributed by atoms with van der Waals surface area (Å²) in [5.74, 6) is 0. The van der Waals surface area contributed by atoms with E-state index in [1.54, 1.807) is 0 Å². The van der Waals surface area contributed by atoms with Crippen LogP contribution in [0.4, 0.5) is 0 Å². The quantitative estimate of drug-likeness (QED) is 0.176. The molecule has 0 saturated heterocycles. The van der Waals surface area contributed by atoms with Gasteiger partial charge in [-0.1, -0.05) is 127 Å². The summed E-state index contributed by atoms with van der Waals surface area (Å²) >= 11 is 0. The van der Waals surface area contributed by atoms with Crippen molar-refractivity contribution in [3.8, 4) is 28.2 Å². The van der Waals surface area contributed by atoms with Crippen LogP contribution in [-0.2, 0) is 0 Å². The van der Waals surface area contributed by atoms with Crippen molar-refractivity contribution in [3.63, 3.8) is 0 Å². The third-order valence-corrected chi connectivity index (χ3v) is 8.43. The second-order valence-corrected chi connectivity index (χ2v) is 11.1. The summed E-state index contributed by atoms with van der Waals surface area (Å²) in [6.07, 6.45) is 0. The van der Waals surface area contributed by atoms with Gasteiger partial charge >= 0.3 is 0 Å². The zero-order chi connectivity index (χ0) is 59.6. The molecule has 3 aromatic heterocycles. The van der Waals surface area contributed by atoms with Gasteiger partial charge in [0.25, 0.3) is 0 Å². The summed E-state index contributed by atoms with van der Waals surface area (Å²) in [4.78, 5) is 0. The monoisotopic (exact) mass is 679 g/mol. The average molecular weight is 680 g/mol. The molecular formula is C48H31N3. The second kappa shape index (κ2) is 10.8. The number of benzene rings is 8. The minimum Gasteiger partial charge on any atom is -0.309 e. The van der Waals surface area contributed by atoms with E-state index in [0.717, 1.165) is 10.6 Å². The molecule has 11 rings (SSSR count). The molecule has 0 N–H and O–H groups in total. The number of hydrogen-bond acceptors (Lipinski definition) is 0. The predicted molar refractivity (Wildman–Crippen MR) is 215 cm³/mol.